The number of oxazole rings is 1. The van der Waals surface area contributed by atoms with Gasteiger partial charge in [0.05, 0.1) is 23.4 Å². The van der Waals surface area contributed by atoms with Gasteiger partial charge in [0.1, 0.15) is 18.1 Å². The number of likely N-dealkylation sites (tertiary alicyclic amines) is 1. The molecule has 0 radical (unpaired) electrons. The van der Waals surface area contributed by atoms with Gasteiger partial charge in [-0.25, -0.2) is 15.0 Å². The third-order valence-corrected chi connectivity index (χ3v) is 5.92. The summed E-state index contributed by atoms with van der Waals surface area (Å²) in [4.78, 5) is 27.6. The molecule has 10 heteroatoms. The van der Waals surface area contributed by atoms with Crippen molar-refractivity contribution in [3.8, 4) is 17.3 Å². The van der Waals surface area contributed by atoms with Crippen molar-refractivity contribution in [2.24, 2.45) is 5.92 Å². The molecule has 1 saturated heterocycles. The normalized spacial score (nSPS) is 22.4. The monoisotopic (exact) mass is 444 g/mol. The lowest BCUT2D eigenvalue weighted by atomic mass is 10.1. The van der Waals surface area contributed by atoms with Crippen molar-refractivity contribution in [1.82, 2.24) is 19.9 Å². The molecule has 0 aromatic carbocycles. The molecule has 3 atom stereocenters. The molecule has 2 bridgehead atoms. The van der Waals surface area contributed by atoms with E-state index in [0.29, 0.717) is 30.1 Å². The molecule has 5 rings (SSSR count). The van der Waals surface area contributed by atoms with Gasteiger partial charge in [-0.1, -0.05) is 0 Å². The highest BCUT2D eigenvalue weighted by Crippen LogP contribution is 2.41. The predicted molar refractivity (Wildman–Crippen MR) is 106 cm³/mol. The van der Waals surface area contributed by atoms with E-state index in [0.717, 1.165) is 18.7 Å². The number of rotatable bonds is 4. The number of piperidine rings is 1. The highest BCUT2D eigenvalue weighted by atomic mass is 19.4. The van der Waals surface area contributed by atoms with Crippen LogP contribution in [0.25, 0.3) is 11.5 Å². The van der Waals surface area contributed by atoms with Crippen molar-refractivity contribution in [1.29, 1.82) is 0 Å². The first kappa shape index (κ1) is 20.5. The molecule has 2 aliphatic rings. The molecule has 1 saturated carbocycles. The van der Waals surface area contributed by atoms with Gasteiger partial charge in [-0.2, -0.15) is 13.2 Å². The van der Waals surface area contributed by atoms with Crippen LogP contribution in [0.3, 0.4) is 0 Å². The van der Waals surface area contributed by atoms with Crippen LogP contribution in [0.2, 0.25) is 0 Å². The molecular weight excluding hydrogens is 425 g/mol. The number of aryl methyl sites for hydroxylation is 1. The maximum Gasteiger partial charge on any atom is 0.417 e. The van der Waals surface area contributed by atoms with E-state index in [9.17, 15) is 18.0 Å². The second kappa shape index (κ2) is 7.61. The third kappa shape index (κ3) is 3.69. The summed E-state index contributed by atoms with van der Waals surface area (Å²) in [6.45, 7) is 2.37. The fourth-order valence-electron chi connectivity index (χ4n) is 4.48. The zero-order chi connectivity index (χ0) is 22.5. The van der Waals surface area contributed by atoms with E-state index in [2.05, 4.69) is 15.0 Å². The molecule has 0 N–H and O–H groups in total. The summed E-state index contributed by atoms with van der Waals surface area (Å²) in [5.41, 5.74) is 0.621. The van der Waals surface area contributed by atoms with Gasteiger partial charge in [-0.15, -0.1) is 0 Å². The number of alkyl halides is 3. The molecule has 1 aliphatic carbocycles. The van der Waals surface area contributed by atoms with Gasteiger partial charge in [-0.05, 0) is 43.9 Å². The van der Waals surface area contributed by atoms with Crippen molar-refractivity contribution >= 4 is 5.91 Å². The minimum atomic E-state index is -4.46. The van der Waals surface area contributed by atoms with Gasteiger partial charge in [0.2, 0.25) is 11.8 Å². The maximum absolute atomic E-state index is 13.5. The number of nitrogens with zero attached hydrogens (tertiary/aromatic N) is 4. The van der Waals surface area contributed by atoms with Crippen LogP contribution in [0.5, 0.6) is 5.88 Å². The van der Waals surface area contributed by atoms with E-state index in [4.69, 9.17) is 9.15 Å². The third-order valence-electron chi connectivity index (χ3n) is 5.92. The Bertz CT molecular complexity index is 1130. The average molecular weight is 444 g/mol. The summed E-state index contributed by atoms with van der Waals surface area (Å²) in [6.07, 6.45) is 0.358. The summed E-state index contributed by atoms with van der Waals surface area (Å²) in [5.74, 6) is 0.422. The summed E-state index contributed by atoms with van der Waals surface area (Å²) in [5, 5.41) is 0. The Hall–Kier alpha value is -3.43. The number of ether oxygens (including phenoxy) is 1. The summed E-state index contributed by atoms with van der Waals surface area (Å²) in [7, 11) is 0. The number of carbonyl (C=O) groups excluding carboxylic acids is 1. The quantitative estimate of drug-likeness (QED) is 0.602. The first-order chi connectivity index (χ1) is 15.3. The van der Waals surface area contributed by atoms with Crippen molar-refractivity contribution < 1.29 is 27.1 Å². The van der Waals surface area contributed by atoms with E-state index in [-0.39, 0.29) is 35.5 Å². The Morgan fingerprint density at radius 1 is 1.19 bits per heavy atom. The Morgan fingerprint density at radius 2 is 2.03 bits per heavy atom. The van der Waals surface area contributed by atoms with Crippen molar-refractivity contribution in [3.63, 3.8) is 0 Å². The molecule has 166 valence electrons. The molecule has 1 aliphatic heterocycles. The Balaban J connectivity index is 1.37. The van der Waals surface area contributed by atoms with Gasteiger partial charge < -0.3 is 14.1 Å². The topological polar surface area (TPSA) is 81.4 Å². The molecule has 32 heavy (non-hydrogen) atoms. The number of amides is 1. The van der Waals surface area contributed by atoms with Crippen LogP contribution >= 0.6 is 0 Å². The molecule has 0 spiro atoms. The first-order valence-corrected chi connectivity index (χ1v) is 10.2. The van der Waals surface area contributed by atoms with Crippen LogP contribution in [0.15, 0.2) is 47.3 Å². The standard InChI is InChI=1S/C22H19F3N4O3/c1-12-2-4-15(20-26-6-7-31-20)19(28-12)21(30)29-11-13-8-16(29)17(9-13)32-18-5-3-14(10-27-18)22(23,24)25/h2-7,10,13,16-17H,8-9,11H2,1H3. The molecule has 4 heterocycles. The van der Waals surface area contributed by atoms with Gasteiger partial charge in [-0.3, -0.25) is 4.79 Å². The SMILES string of the molecule is Cc1ccc(-c2ncco2)c(C(=O)N2CC3CC(Oc4ccc(C(F)(F)F)cn4)C2C3)n1. The number of aromatic nitrogens is 3. The molecule has 3 aromatic heterocycles. The van der Waals surface area contributed by atoms with E-state index < -0.39 is 11.7 Å². The lowest BCUT2D eigenvalue weighted by Gasteiger charge is -2.33. The van der Waals surface area contributed by atoms with Gasteiger partial charge in [0.15, 0.2) is 0 Å². The number of hydrogen-bond acceptors (Lipinski definition) is 6. The largest absolute Gasteiger partial charge is 0.472 e. The molecule has 3 unspecified atom stereocenters. The van der Waals surface area contributed by atoms with E-state index >= 15 is 0 Å². The lowest BCUT2D eigenvalue weighted by Crippen LogP contribution is -2.47. The Morgan fingerprint density at radius 3 is 2.69 bits per heavy atom. The minimum Gasteiger partial charge on any atom is -0.472 e. The molecule has 3 aromatic rings. The second-order valence-corrected chi connectivity index (χ2v) is 8.09. The highest BCUT2D eigenvalue weighted by molar-refractivity contribution is 5.98. The molecule has 2 fully saturated rings. The van der Waals surface area contributed by atoms with Crippen LogP contribution in [0.1, 0.15) is 34.6 Å². The maximum atomic E-state index is 13.5. The van der Waals surface area contributed by atoms with Crippen LogP contribution in [0, 0.1) is 12.8 Å². The average Bonchev–Trinajstić information content (AvgIpc) is 3.50. The number of pyridine rings is 2. The fraction of sp³-hybridized carbons (Fsp3) is 0.364. The van der Waals surface area contributed by atoms with Crippen molar-refractivity contribution in [2.45, 2.75) is 38.1 Å². The summed E-state index contributed by atoms with van der Waals surface area (Å²) in [6, 6.07) is 5.49. The molecular formula is C22H19F3N4O3. The number of carbonyl (C=O) groups is 1. The van der Waals surface area contributed by atoms with Crippen molar-refractivity contribution in [2.75, 3.05) is 6.54 Å². The number of fused-ring (bicyclic) bond motifs is 2. The zero-order valence-electron chi connectivity index (χ0n) is 17.0. The lowest BCUT2D eigenvalue weighted by molar-refractivity contribution is -0.137. The number of hydrogen-bond donors (Lipinski definition) is 0. The van der Waals surface area contributed by atoms with Crippen LogP contribution < -0.4 is 4.74 Å². The van der Waals surface area contributed by atoms with Crippen LogP contribution in [0.4, 0.5) is 13.2 Å². The second-order valence-electron chi connectivity index (χ2n) is 8.09. The van der Waals surface area contributed by atoms with Crippen molar-refractivity contribution in [3.05, 3.63) is 59.9 Å². The summed E-state index contributed by atoms with van der Waals surface area (Å²) >= 11 is 0. The molecule has 1 amide bonds. The number of halogens is 3. The Labute approximate surface area is 181 Å². The smallest absolute Gasteiger partial charge is 0.417 e. The van der Waals surface area contributed by atoms with E-state index in [1.165, 1.54) is 18.5 Å². The van der Waals surface area contributed by atoms with E-state index in [1.807, 2.05) is 0 Å². The minimum absolute atomic E-state index is 0.108. The predicted octanol–water partition coefficient (Wildman–Crippen LogP) is 4.14. The summed E-state index contributed by atoms with van der Waals surface area (Å²) < 4.78 is 49.6. The highest BCUT2D eigenvalue weighted by Gasteiger charge is 2.49. The van der Waals surface area contributed by atoms with Crippen LogP contribution in [-0.2, 0) is 6.18 Å². The first-order valence-electron chi connectivity index (χ1n) is 10.2. The van der Waals surface area contributed by atoms with E-state index in [1.54, 1.807) is 24.0 Å². The fourth-order valence-corrected chi connectivity index (χ4v) is 4.48. The Kier molecular flexibility index (Phi) is 4.87. The van der Waals surface area contributed by atoms with Crippen LogP contribution in [-0.4, -0.2) is 44.4 Å². The van der Waals surface area contributed by atoms with Gasteiger partial charge in [0.25, 0.3) is 5.91 Å². The van der Waals surface area contributed by atoms with Gasteiger partial charge in [0, 0.05) is 24.5 Å². The zero-order valence-corrected chi connectivity index (χ0v) is 17.0. The molecule has 7 nitrogen and oxygen atoms in total. The van der Waals surface area contributed by atoms with Gasteiger partial charge >= 0.3 is 6.18 Å².